The lowest BCUT2D eigenvalue weighted by molar-refractivity contribution is 0.237. The van der Waals surface area contributed by atoms with Gasteiger partial charge in [-0.2, -0.15) is 5.10 Å². The van der Waals surface area contributed by atoms with Crippen molar-refractivity contribution < 1.29 is 14.3 Å². The van der Waals surface area contributed by atoms with Gasteiger partial charge in [-0.25, -0.2) is 4.79 Å². The van der Waals surface area contributed by atoms with Crippen LogP contribution in [0.15, 0.2) is 30.5 Å². The number of H-pyrrole nitrogens is 1. The molecule has 0 unspecified atom stereocenters. The van der Waals surface area contributed by atoms with Gasteiger partial charge in [0, 0.05) is 6.20 Å². The third-order valence-electron chi connectivity index (χ3n) is 3.61. The van der Waals surface area contributed by atoms with E-state index < -0.39 is 0 Å². The fourth-order valence-corrected chi connectivity index (χ4v) is 2.22. The molecule has 1 atom stereocenters. The van der Waals surface area contributed by atoms with Crippen LogP contribution in [-0.4, -0.2) is 29.9 Å². The minimum atomic E-state index is -0.249. The van der Waals surface area contributed by atoms with E-state index in [0.29, 0.717) is 30.6 Å². The van der Waals surface area contributed by atoms with Gasteiger partial charge in [-0.05, 0) is 36.6 Å². The lowest BCUT2D eigenvalue weighted by Crippen LogP contribution is -2.36. The molecule has 3 N–H and O–H groups in total. The molecule has 0 aliphatic heterocycles. The summed E-state index contributed by atoms with van der Waals surface area (Å²) in [4.78, 5) is 12.0. The number of carbonyl (C=O) groups excluding carboxylic acids is 1. The number of rotatable bonds is 8. The van der Waals surface area contributed by atoms with Crippen LogP contribution < -0.4 is 20.1 Å². The molecule has 0 aliphatic carbocycles. The third kappa shape index (κ3) is 5.70. The molecule has 2 amide bonds. The topological polar surface area (TPSA) is 88.3 Å². The van der Waals surface area contributed by atoms with Crippen LogP contribution in [0, 0.1) is 5.92 Å². The number of aromatic nitrogens is 2. The van der Waals surface area contributed by atoms with Crippen LogP contribution in [-0.2, 0) is 6.54 Å². The van der Waals surface area contributed by atoms with Crippen LogP contribution in [0.25, 0.3) is 0 Å². The summed E-state index contributed by atoms with van der Waals surface area (Å²) in [6, 6.07) is 7.07. The van der Waals surface area contributed by atoms with Crippen LogP contribution in [0.5, 0.6) is 11.5 Å². The lowest BCUT2D eigenvalue weighted by atomic mass is 10.1. The lowest BCUT2D eigenvalue weighted by Gasteiger charge is -2.18. The van der Waals surface area contributed by atoms with Crippen molar-refractivity contribution in [3.8, 4) is 11.5 Å². The molecule has 2 aromatic rings. The van der Waals surface area contributed by atoms with Gasteiger partial charge in [0.1, 0.15) is 0 Å². The van der Waals surface area contributed by atoms with Crippen molar-refractivity contribution in [1.82, 2.24) is 20.8 Å². The summed E-state index contributed by atoms with van der Waals surface area (Å²) in [6.45, 7) is 7.12. The molecular formula is C18H26N4O3. The Labute approximate surface area is 148 Å². The summed E-state index contributed by atoms with van der Waals surface area (Å²) in [6.07, 6.45) is 1.65. The summed E-state index contributed by atoms with van der Waals surface area (Å²) >= 11 is 0. The molecule has 7 heteroatoms. The fraction of sp³-hybridized carbons (Fsp3) is 0.444. The molecule has 136 valence electrons. The quantitative estimate of drug-likeness (QED) is 0.685. The average molecular weight is 346 g/mol. The highest BCUT2D eigenvalue weighted by Gasteiger charge is 2.13. The zero-order chi connectivity index (χ0) is 18.2. The van der Waals surface area contributed by atoms with Gasteiger partial charge >= 0.3 is 6.03 Å². The van der Waals surface area contributed by atoms with Gasteiger partial charge in [0.15, 0.2) is 11.5 Å². The Hall–Kier alpha value is -2.70. The van der Waals surface area contributed by atoms with Crippen molar-refractivity contribution in [2.45, 2.75) is 33.4 Å². The molecule has 0 aliphatic rings. The Balaban J connectivity index is 1.93. The predicted molar refractivity (Wildman–Crippen MR) is 95.7 cm³/mol. The highest BCUT2D eigenvalue weighted by Crippen LogP contribution is 2.30. The van der Waals surface area contributed by atoms with Crippen LogP contribution in [0.4, 0.5) is 4.79 Å². The number of hydrogen-bond donors (Lipinski definition) is 3. The molecule has 0 radical (unpaired) electrons. The van der Waals surface area contributed by atoms with E-state index in [9.17, 15) is 4.79 Å². The van der Waals surface area contributed by atoms with E-state index in [1.54, 1.807) is 13.3 Å². The maximum Gasteiger partial charge on any atom is 0.315 e. The van der Waals surface area contributed by atoms with Crippen LogP contribution in [0.2, 0.25) is 0 Å². The van der Waals surface area contributed by atoms with Crippen LogP contribution >= 0.6 is 0 Å². The Morgan fingerprint density at radius 1 is 1.24 bits per heavy atom. The number of ether oxygens (including phenoxy) is 2. The molecule has 0 fully saturated rings. The van der Waals surface area contributed by atoms with Crippen LogP contribution in [0.1, 0.15) is 38.1 Å². The van der Waals surface area contributed by atoms with Gasteiger partial charge < -0.3 is 20.1 Å². The first-order valence-corrected chi connectivity index (χ1v) is 8.33. The number of nitrogens with one attached hydrogen (secondary N) is 3. The number of carbonyl (C=O) groups is 1. The van der Waals surface area contributed by atoms with Crippen molar-refractivity contribution in [2.24, 2.45) is 5.92 Å². The van der Waals surface area contributed by atoms with E-state index in [4.69, 9.17) is 9.47 Å². The average Bonchev–Trinajstić information content (AvgIpc) is 3.11. The highest BCUT2D eigenvalue weighted by atomic mass is 16.5. The molecule has 0 saturated carbocycles. The first-order chi connectivity index (χ1) is 12.0. The van der Waals surface area contributed by atoms with Gasteiger partial charge in [0.05, 0.1) is 32.0 Å². The minimum Gasteiger partial charge on any atom is -0.493 e. The minimum absolute atomic E-state index is 0.171. The molecule has 1 aromatic heterocycles. The summed E-state index contributed by atoms with van der Waals surface area (Å²) in [5, 5.41) is 12.3. The Morgan fingerprint density at radius 2 is 2.04 bits per heavy atom. The Morgan fingerprint density at radius 3 is 2.68 bits per heavy atom. The number of benzene rings is 1. The number of aromatic amines is 1. The largest absolute Gasteiger partial charge is 0.493 e. The molecule has 0 bridgehead atoms. The van der Waals surface area contributed by atoms with Crippen molar-refractivity contribution in [2.75, 3.05) is 13.7 Å². The van der Waals surface area contributed by atoms with E-state index in [0.717, 1.165) is 11.3 Å². The van der Waals surface area contributed by atoms with E-state index >= 15 is 0 Å². The first kappa shape index (κ1) is 18.6. The van der Waals surface area contributed by atoms with Gasteiger partial charge in [-0.3, -0.25) is 5.10 Å². The van der Waals surface area contributed by atoms with Gasteiger partial charge in [0.2, 0.25) is 0 Å². The summed E-state index contributed by atoms with van der Waals surface area (Å²) in [5.41, 5.74) is 1.78. The second-order valence-corrected chi connectivity index (χ2v) is 6.25. The van der Waals surface area contributed by atoms with Gasteiger partial charge in [-0.1, -0.05) is 19.9 Å². The van der Waals surface area contributed by atoms with Crippen molar-refractivity contribution in [1.29, 1.82) is 0 Å². The second kappa shape index (κ2) is 8.96. The molecule has 0 spiro atoms. The normalized spacial score (nSPS) is 11.9. The van der Waals surface area contributed by atoms with Crippen molar-refractivity contribution in [3.63, 3.8) is 0 Å². The molecule has 1 aromatic carbocycles. The van der Waals surface area contributed by atoms with E-state index in [-0.39, 0.29) is 12.1 Å². The standard InChI is InChI=1S/C18H26N4O3/c1-12(2)11-25-16-6-5-14(9-17(16)24-4)13(3)21-18(23)19-10-15-7-8-20-22-15/h5-9,12-13H,10-11H2,1-4H3,(H,20,22)(H2,19,21,23)/t13-/m1/s1. The smallest absolute Gasteiger partial charge is 0.315 e. The van der Waals surface area contributed by atoms with Crippen LogP contribution in [0.3, 0.4) is 0 Å². The first-order valence-electron chi connectivity index (χ1n) is 8.33. The van der Waals surface area contributed by atoms with Crippen molar-refractivity contribution in [3.05, 3.63) is 41.7 Å². The number of methoxy groups -OCH3 is 1. The van der Waals surface area contributed by atoms with Crippen molar-refractivity contribution >= 4 is 6.03 Å². The maximum atomic E-state index is 12.0. The number of urea groups is 1. The maximum absolute atomic E-state index is 12.0. The SMILES string of the molecule is COc1cc([C@@H](C)NC(=O)NCc2ccn[nH]2)ccc1OCC(C)C. The number of amides is 2. The zero-order valence-electron chi connectivity index (χ0n) is 15.1. The molecule has 25 heavy (non-hydrogen) atoms. The monoisotopic (exact) mass is 346 g/mol. The zero-order valence-corrected chi connectivity index (χ0v) is 15.1. The molecule has 1 heterocycles. The molecule has 0 saturated heterocycles. The second-order valence-electron chi connectivity index (χ2n) is 6.25. The van der Waals surface area contributed by atoms with Gasteiger partial charge in [-0.15, -0.1) is 0 Å². The Bertz CT molecular complexity index is 671. The molecule has 7 nitrogen and oxygen atoms in total. The fourth-order valence-electron chi connectivity index (χ4n) is 2.22. The van der Waals surface area contributed by atoms with Gasteiger partial charge in [0.25, 0.3) is 0 Å². The van der Waals surface area contributed by atoms with E-state index in [1.165, 1.54) is 0 Å². The summed E-state index contributed by atoms with van der Waals surface area (Å²) in [7, 11) is 1.61. The predicted octanol–water partition coefficient (Wildman–Crippen LogP) is 3.01. The highest BCUT2D eigenvalue weighted by molar-refractivity contribution is 5.74. The molecular weight excluding hydrogens is 320 g/mol. The summed E-state index contributed by atoms with van der Waals surface area (Å²) < 4.78 is 11.2. The molecule has 2 rings (SSSR count). The van der Waals surface area contributed by atoms with E-state index in [1.807, 2.05) is 31.2 Å². The summed E-state index contributed by atoms with van der Waals surface area (Å²) in [5.74, 6) is 1.80. The third-order valence-corrected chi connectivity index (χ3v) is 3.61. The Kier molecular flexibility index (Phi) is 6.68. The number of nitrogens with zero attached hydrogens (tertiary/aromatic N) is 1. The number of hydrogen-bond acceptors (Lipinski definition) is 4. The van der Waals surface area contributed by atoms with E-state index in [2.05, 4.69) is 34.7 Å².